The van der Waals surface area contributed by atoms with Crippen molar-refractivity contribution in [3.05, 3.63) is 17.5 Å². The van der Waals surface area contributed by atoms with E-state index in [0.717, 1.165) is 0 Å². The van der Waals surface area contributed by atoms with E-state index in [1.165, 1.54) is 6.92 Å². The van der Waals surface area contributed by atoms with Crippen molar-refractivity contribution in [2.45, 2.75) is 26.5 Å². The number of carbonyl (C=O) groups is 1. The van der Waals surface area contributed by atoms with Crippen LogP contribution in [0.2, 0.25) is 0 Å². The van der Waals surface area contributed by atoms with Crippen LogP contribution < -0.4 is 5.32 Å². The first-order chi connectivity index (χ1) is 6.09. The molecular formula is C8H12N2O3. The van der Waals surface area contributed by atoms with Crippen LogP contribution in [0.1, 0.15) is 18.4 Å². The van der Waals surface area contributed by atoms with Crippen LogP contribution in [0.4, 0.5) is 0 Å². The molecule has 1 aromatic heterocycles. The maximum absolute atomic E-state index is 10.9. The van der Waals surface area contributed by atoms with E-state index >= 15 is 0 Å². The largest absolute Gasteiger partial charge is 0.384 e. The molecule has 0 unspecified atom stereocenters. The van der Waals surface area contributed by atoms with Gasteiger partial charge in [0.1, 0.15) is 17.6 Å². The first-order valence-electron chi connectivity index (χ1n) is 3.97. The fourth-order valence-corrected chi connectivity index (χ4v) is 0.827. The summed E-state index contributed by atoms with van der Waals surface area (Å²) in [7, 11) is 0. The number of aryl methyl sites for hydroxylation is 1. The summed E-state index contributed by atoms with van der Waals surface area (Å²) >= 11 is 0. The van der Waals surface area contributed by atoms with Crippen LogP contribution in [0.15, 0.2) is 10.6 Å². The second-order valence-corrected chi connectivity index (χ2v) is 2.82. The predicted octanol–water partition coefficient (Wildman–Crippen LogP) is -0.0200. The van der Waals surface area contributed by atoms with E-state index in [0.29, 0.717) is 11.5 Å². The highest BCUT2D eigenvalue weighted by Gasteiger charge is 2.08. The third-order valence-corrected chi connectivity index (χ3v) is 1.50. The van der Waals surface area contributed by atoms with E-state index in [9.17, 15) is 4.79 Å². The zero-order valence-electron chi connectivity index (χ0n) is 7.57. The lowest BCUT2D eigenvalue weighted by Gasteiger charge is -2.03. The fraction of sp³-hybridized carbons (Fsp3) is 0.500. The van der Waals surface area contributed by atoms with Crippen LogP contribution >= 0.6 is 0 Å². The minimum atomic E-state index is -0.993. The van der Waals surface area contributed by atoms with Gasteiger partial charge < -0.3 is 14.9 Å². The van der Waals surface area contributed by atoms with Crippen molar-refractivity contribution in [3.63, 3.8) is 0 Å². The van der Waals surface area contributed by atoms with Crippen LogP contribution in [0.5, 0.6) is 0 Å². The quantitative estimate of drug-likeness (QED) is 0.692. The zero-order chi connectivity index (χ0) is 9.84. The molecule has 1 amide bonds. The van der Waals surface area contributed by atoms with Crippen molar-refractivity contribution in [2.75, 3.05) is 0 Å². The first kappa shape index (κ1) is 9.73. The second kappa shape index (κ2) is 4.04. The highest BCUT2D eigenvalue weighted by molar-refractivity contribution is 5.79. The standard InChI is InChI=1S/C8H12N2O3/c1-5-3-7(10-13-5)4-9-8(12)6(2)11/h3,6,11H,4H2,1-2H3,(H,9,12)/t6-/m1/s1. The third kappa shape index (κ3) is 2.87. The summed E-state index contributed by atoms with van der Waals surface area (Å²) in [5.41, 5.74) is 0.645. The SMILES string of the molecule is Cc1cc(CNC(=O)[C@@H](C)O)no1. The number of amides is 1. The Hall–Kier alpha value is -1.36. The van der Waals surface area contributed by atoms with Crippen LogP contribution in [0, 0.1) is 6.92 Å². The van der Waals surface area contributed by atoms with Gasteiger partial charge in [0, 0.05) is 6.07 Å². The summed E-state index contributed by atoms with van der Waals surface area (Å²) in [6, 6.07) is 1.72. The van der Waals surface area contributed by atoms with Crippen molar-refractivity contribution >= 4 is 5.91 Å². The average molecular weight is 184 g/mol. The molecule has 1 heterocycles. The topological polar surface area (TPSA) is 75.4 Å². The normalized spacial score (nSPS) is 12.5. The number of hydrogen-bond acceptors (Lipinski definition) is 4. The number of rotatable bonds is 3. The Morgan fingerprint density at radius 1 is 1.85 bits per heavy atom. The molecule has 0 spiro atoms. The van der Waals surface area contributed by atoms with Crippen LogP contribution in [0.25, 0.3) is 0 Å². The van der Waals surface area contributed by atoms with E-state index in [1.54, 1.807) is 13.0 Å². The Kier molecular flexibility index (Phi) is 3.02. The molecular weight excluding hydrogens is 172 g/mol. The Morgan fingerprint density at radius 2 is 2.54 bits per heavy atom. The molecule has 0 aliphatic heterocycles. The molecule has 5 nitrogen and oxygen atoms in total. The Balaban J connectivity index is 2.39. The molecule has 13 heavy (non-hydrogen) atoms. The summed E-state index contributed by atoms with van der Waals surface area (Å²) in [4.78, 5) is 10.9. The first-order valence-corrected chi connectivity index (χ1v) is 3.97. The Bertz CT molecular complexity index is 293. The Morgan fingerprint density at radius 3 is 3.00 bits per heavy atom. The highest BCUT2D eigenvalue weighted by atomic mass is 16.5. The molecule has 0 fully saturated rings. The van der Waals surface area contributed by atoms with Gasteiger partial charge in [-0.3, -0.25) is 4.79 Å². The molecule has 0 saturated carbocycles. The molecule has 0 aliphatic carbocycles. The summed E-state index contributed by atoms with van der Waals surface area (Å²) < 4.78 is 4.79. The number of carbonyl (C=O) groups excluding carboxylic acids is 1. The lowest BCUT2D eigenvalue weighted by atomic mass is 10.3. The van der Waals surface area contributed by atoms with Gasteiger partial charge in [-0.2, -0.15) is 0 Å². The summed E-state index contributed by atoms with van der Waals surface area (Å²) in [6.07, 6.45) is -0.993. The predicted molar refractivity (Wildman–Crippen MR) is 44.8 cm³/mol. The van der Waals surface area contributed by atoms with E-state index < -0.39 is 12.0 Å². The van der Waals surface area contributed by atoms with Crippen LogP contribution in [-0.4, -0.2) is 22.3 Å². The van der Waals surface area contributed by atoms with Gasteiger partial charge in [0.15, 0.2) is 0 Å². The van der Waals surface area contributed by atoms with Crippen LogP contribution in [0.3, 0.4) is 0 Å². The minimum Gasteiger partial charge on any atom is -0.384 e. The molecule has 2 N–H and O–H groups in total. The number of nitrogens with zero attached hydrogens (tertiary/aromatic N) is 1. The molecule has 1 atom stereocenters. The van der Waals surface area contributed by atoms with Crippen molar-refractivity contribution in [2.24, 2.45) is 0 Å². The van der Waals surface area contributed by atoms with Gasteiger partial charge in [-0.25, -0.2) is 0 Å². The number of hydrogen-bond donors (Lipinski definition) is 2. The van der Waals surface area contributed by atoms with Gasteiger partial charge in [0.05, 0.1) is 6.54 Å². The lowest BCUT2D eigenvalue weighted by molar-refractivity contribution is -0.128. The van der Waals surface area contributed by atoms with Gasteiger partial charge in [-0.05, 0) is 13.8 Å². The van der Waals surface area contributed by atoms with Gasteiger partial charge >= 0.3 is 0 Å². The second-order valence-electron chi connectivity index (χ2n) is 2.82. The van der Waals surface area contributed by atoms with Gasteiger partial charge in [-0.1, -0.05) is 5.16 Å². The maximum Gasteiger partial charge on any atom is 0.248 e. The number of nitrogens with one attached hydrogen (secondary N) is 1. The van der Waals surface area contributed by atoms with Crippen LogP contribution in [-0.2, 0) is 11.3 Å². The summed E-state index contributed by atoms with van der Waals surface area (Å²) in [6.45, 7) is 3.46. The van der Waals surface area contributed by atoms with E-state index in [-0.39, 0.29) is 6.54 Å². The number of aliphatic hydroxyl groups excluding tert-OH is 1. The molecule has 1 rings (SSSR count). The van der Waals surface area contributed by atoms with Crippen molar-refractivity contribution in [1.29, 1.82) is 0 Å². The van der Waals surface area contributed by atoms with Crippen molar-refractivity contribution in [1.82, 2.24) is 10.5 Å². The van der Waals surface area contributed by atoms with Gasteiger partial charge in [-0.15, -0.1) is 0 Å². The van der Waals surface area contributed by atoms with Gasteiger partial charge in [0.2, 0.25) is 5.91 Å². The maximum atomic E-state index is 10.9. The lowest BCUT2D eigenvalue weighted by Crippen LogP contribution is -2.32. The molecule has 0 saturated heterocycles. The molecule has 0 aliphatic rings. The van der Waals surface area contributed by atoms with Gasteiger partial charge in [0.25, 0.3) is 0 Å². The summed E-state index contributed by atoms with van der Waals surface area (Å²) in [5, 5.41) is 15.0. The Labute approximate surface area is 75.7 Å². The summed E-state index contributed by atoms with van der Waals surface area (Å²) in [5.74, 6) is 0.280. The van der Waals surface area contributed by atoms with E-state index in [2.05, 4.69) is 10.5 Å². The third-order valence-electron chi connectivity index (χ3n) is 1.50. The number of aromatic nitrogens is 1. The van der Waals surface area contributed by atoms with E-state index in [4.69, 9.17) is 9.63 Å². The van der Waals surface area contributed by atoms with Crippen molar-refractivity contribution in [3.8, 4) is 0 Å². The monoisotopic (exact) mass is 184 g/mol. The molecule has 5 heteroatoms. The minimum absolute atomic E-state index is 0.279. The molecule has 0 aromatic carbocycles. The average Bonchev–Trinajstić information content (AvgIpc) is 2.47. The molecule has 0 bridgehead atoms. The number of aliphatic hydroxyl groups is 1. The fourth-order valence-electron chi connectivity index (χ4n) is 0.827. The molecule has 72 valence electrons. The smallest absolute Gasteiger partial charge is 0.248 e. The zero-order valence-corrected chi connectivity index (χ0v) is 7.57. The molecule has 1 aromatic rings. The molecule has 0 radical (unpaired) electrons. The highest BCUT2D eigenvalue weighted by Crippen LogP contribution is 2.00. The van der Waals surface area contributed by atoms with E-state index in [1.807, 2.05) is 0 Å². The van der Waals surface area contributed by atoms with Crippen molar-refractivity contribution < 1.29 is 14.4 Å².